The molecule has 3 heterocycles. The van der Waals surface area contributed by atoms with Gasteiger partial charge in [0, 0.05) is 5.39 Å². The quantitative estimate of drug-likeness (QED) is 0.141. The van der Waals surface area contributed by atoms with Crippen molar-refractivity contribution < 1.29 is 63.9 Å². The number of carbonyl (C=O) groups excluding carboxylic acids is 1. The third-order valence-corrected chi connectivity index (χ3v) is 6.13. The lowest BCUT2D eigenvalue weighted by atomic mass is 9.99. The minimum atomic E-state index is -2.36. The molecule has 36 heavy (non-hydrogen) atoms. The predicted octanol–water partition coefficient (Wildman–Crippen LogP) is -3.42. The van der Waals surface area contributed by atoms with E-state index in [0.29, 0.717) is 5.39 Å². The summed E-state index contributed by atoms with van der Waals surface area (Å²) in [7, 11) is 0. The zero-order valence-corrected chi connectivity index (χ0v) is 18.6. The van der Waals surface area contributed by atoms with Gasteiger partial charge in [-0.1, -0.05) is 18.2 Å². The first-order valence-corrected chi connectivity index (χ1v) is 10.9. The molecule has 0 aliphatic carbocycles. The Kier molecular flexibility index (Phi) is 7.72. The third kappa shape index (κ3) is 4.76. The molecule has 198 valence electrons. The molecular formula is C22H26O14. The van der Waals surface area contributed by atoms with Gasteiger partial charge in [-0.25, -0.2) is 9.59 Å². The van der Waals surface area contributed by atoms with E-state index in [1.54, 1.807) is 18.2 Å². The maximum Gasteiger partial charge on any atom is 0.351 e. The number of rotatable bonds is 7. The Balaban J connectivity index is 1.48. The maximum absolute atomic E-state index is 12.5. The highest BCUT2D eigenvalue weighted by atomic mass is 16.8. The fraction of sp³-hybridized carbons (Fsp3) is 0.545. The average Bonchev–Trinajstić information content (AvgIpc) is 3.12. The van der Waals surface area contributed by atoms with Gasteiger partial charge in [-0.2, -0.15) is 0 Å². The smallest absolute Gasteiger partial charge is 0.351 e. The number of hydrogen-bond donors (Lipinski definition) is 7. The van der Waals surface area contributed by atoms with Crippen molar-refractivity contribution in [2.45, 2.75) is 54.8 Å². The third-order valence-electron chi connectivity index (χ3n) is 6.13. The van der Waals surface area contributed by atoms with Gasteiger partial charge in [0.25, 0.3) is 0 Å². The van der Waals surface area contributed by atoms with Gasteiger partial charge < -0.3 is 59.1 Å². The summed E-state index contributed by atoms with van der Waals surface area (Å²) >= 11 is 0. The maximum atomic E-state index is 12.5. The van der Waals surface area contributed by atoms with Crippen LogP contribution < -0.4 is 5.63 Å². The van der Waals surface area contributed by atoms with E-state index in [1.165, 1.54) is 12.1 Å². The number of esters is 1. The molecule has 4 rings (SSSR count). The molecular weight excluding hydrogens is 488 g/mol. The lowest BCUT2D eigenvalue weighted by molar-refractivity contribution is -0.383. The largest absolute Gasteiger partial charge is 0.459 e. The SMILES string of the molecule is O=C(OC[C@H]1O[C@H](O[C@]2(CO)O[C@H](CO)[C@@H](O)[C@@H]2O)[C@H](O)[C@@H](O)[C@@H]1O)c1cc2ccccc2oc1=O. The Bertz CT molecular complexity index is 1140. The highest BCUT2D eigenvalue weighted by Crippen LogP contribution is 2.36. The molecule has 2 saturated heterocycles. The number of aliphatic hydroxyl groups is 7. The van der Waals surface area contributed by atoms with Crippen LogP contribution in [0.15, 0.2) is 39.5 Å². The highest BCUT2D eigenvalue weighted by molar-refractivity contribution is 5.92. The second kappa shape index (κ2) is 10.5. The molecule has 9 atom stereocenters. The van der Waals surface area contributed by atoms with E-state index in [0.717, 1.165) is 0 Å². The van der Waals surface area contributed by atoms with Crippen molar-refractivity contribution in [3.05, 3.63) is 46.3 Å². The summed E-state index contributed by atoms with van der Waals surface area (Å²) in [6.07, 6.45) is -13.9. The van der Waals surface area contributed by atoms with Gasteiger partial charge in [-0.15, -0.1) is 0 Å². The van der Waals surface area contributed by atoms with Crippen LogP contribution in [0.1, 0.15) is 10.4 Å². The predicted molar refractivity (Wildman–Crippen MR) is 114 cm³/mol. The van der Waals surface area contributed by atoms with Gasteiger partial charge in [0.1, 0.15) is 67.1 Å². The zero-order chi connectivity index (χ0) is 26.2. The molecule has 14 nitrogen and oxygen atoms in total. The highest BCUT2D eigenvalue weighted by Gasteiger charge is 2.58. The minimum absolute atomic E-state index is 0.255. The summed E-state index contributed by atoms with van der Waals surface area (Å²) in [6.45, 7) is -2.50. The fourth-order valence-electron chi connectivity index (χ4n) is 4.06. The molecule has 14 heteroatoms. The second-order valence-electron chi connectivity index (χ2n) is 8.46. The molecule has 1 aromatic carbocycles. The number of carbonyl (C=O) groups is 1. The van der Waals surface area contributed by atoms with Crippen LogP contribution in [0.4, 0.5) is 0 Å². The standard InChI is InChI=1S/C22H26O14/c23-6-12-15(26)18(29)22(8-24,35-12)36-21-17(28)16(27)14(25)13(34-21)7-32-19(30)10-5-9-3-1-2-4-11(9)33-20(10)31/h1-5,12-18,21,23-29H,6-8H2/t12-,13-,14-,15-,16+,17-,18+,21-,22+/m1/s1. The van der Waals surface area contributed by atoms with E-state index in [-0.39, 0.29) is 5.58 Å². The van der Waals surface area contributed by atoms with Gasteiger partial charge in [0.05, 0.1) is 6.61 Å². The Morgan fingerprint density at radius 2 is 1.69 bits per heavy atom. The molecule has 0 amide bonds. The van der Waals surface area contributed by atoms with Crippen molar-refractivity contribution in [2.24, 2.45) is 0 Å². The molecule has 0 bridgehead atoms. The van der Waals surface area contributed by atoms with E-state index < -0.39 is 91.8 Å². The lowest BCUT2D eigenvalue weighted by Crippen LogP contribution is -2.62. The first-order valence-electron chi connectivity index (χ1n) is 10.9. The molecule has 7 N–H and O–H groups in total. The Morgan fingerprint density at radius 3 is 2.36 bits per heavy atom. The van der Waals surface area contributed by atoms with Gasteiger partial charge in [-0.3, -0.25) is 0 Å². The summed E-state index contributed by atoms with van der Waals surface area (Å²) in [5.74, 6) is -3.47. The average molecular weight is 514 g/mol. The summed E-state index contributed by atoms with van der Waals surface area (Å²) in [6, 6.07) is 7.72. The monoisotopic (exact) mass is 514 g/mol. The first-order chi connectivity index (χ1) is 17.1. The van der Waals surface area contributed by atoms with Crippen LogP contribution in [0.5, 0.6) is 0 Å². The van der Waals surface area contributed by atoms with Crippen LogP contribution in [0.25, 0.3) is 11.0 Å². The molecule has 0 saturated carbocycles. The van der Waals surface area contributed by atoms with Crippen molar-refractivity contribution in [2.75, 3.05) is 19.8 Å². The van der Waals surface area contributed by atoms with Gasteiger partial charge in [0.2, 0.25) is 5.79 Å². The zero-order valence-electron chi connectivity index (χ0n) is 18.6. The van der Waals surface area contributed by atoms with Gasteiger partial charge in [0.15, 0.2) is 6.29 Å². The summed E-state index contributed by atoms with van der Waals surface area (Å²) in [4.78, 5) is 24.7. The van der Waals surface area contributed by atoms with Crippen molar-refractivity contribution in [3.63, 3.8) is 0 Å². The minimum Gasteiger partial charge on any atom is -0.459 e. The van der Waals surface area contributed by atoms with Crippen molar-refractivity contribution >= 4 is 16.9 Å². The summed E-state index contributed by atoms with van der Waals surface area (Å²) < 4.78 is 26.2. The number of hydrogen-bond acceptors (Lipinski definition) is 14. The van der Waals surface area contributed by atoms with Crippen molar-refractivity contribution in [1.82, 2.24) is 0 Å². The molecule has 2 aliphatic rings. The summed E-state index contributed by atoms with van der Waals surface area (Å²) in [5.41, 5.74) is -1.14. The van der Waals surface area contributed by atoms with Crippen LogP contribution in [0, 0.1) is 0 Å². The van der Waals surface area contributed by atoms with Crippen LogP contribution >= 0.6 is 0 Å². The Hall–Kier alpha value is -2.50. The molecule has 2 aromatic rings. The Morgan fingerprint density at radius 1 is 0.972 bits per heavy atom. The summed E-state index contributed by atoms with van der Waals surface area (Å²) in [5, 5.41) is 70.7. The molecule has 2 aliphatic heterocycles. The number of para-hydroxylation sites is 1. The molecule has 0 spiro atoms. The molecule has 0 unspecified atom stereocenters. The lowest BCUT2D eigenvalue weighted by Gasteiger charge is -2.43. The number of benzene rings is 1. The van der Waals surface area contributed by atoms with Crippen LogP contribution in [0.2, 0.25) is 0 Å². The van der Waals surface area contributed by atoms with Crippen LogP contribution in [-0.4, -0.2) is 116 Å². The van der Waals surface area contributed by atoms with Gasteiger partial charge >= 0.3 is 11.6 Å². The molecule has 1 aromatic heterocycles. The van der Waals surface area contributed by atoms with E-state index >= 15 is 0 Å². The molecule has 0 radical (unpaired) electrons. The fourth-order valence-corrected chi connectivity index (χ4v) is 4.06. The van der Waals surface area contributed by atoms with E-state index in [2.05, 4.69) is 0 Å². The second-order valence-corrected chi connectivity index (χ2v) is 8.46. The van der Waals surface area contributed by atoms with Crippen LogP contribution in [-0.2, 0) is 18.9 Å². The Labute approximate surface area is 202 Å². The van der Waals surface area contributed by atoms with Crippen molar-refractivity contribution in [3.8, 4) is 0 Å². The van der Waals surface area contributed by atoms with E-state index in [4.69, 9.17) is 23.4 Å². The first kappa shape index (κ1) is 26.6. The number of ether oxygens (including phenoxy) is 4. The molecule has 2 fully saturated rings. The van der Waals surface area contributed by atoms with E-state index in [1.807, 2.05) is 0 Å². The normalized spacial score (nSPS) is 36.8. The van der Waals surface area contributed by atoms with Gasteiger partial charge in [-0.05, 0) is 12.1 Å². The topological polar surface area (TPSA) is 226 Å². The number of fused-ring (bicyclic) bond motifs is 1. The van der Waals surface area contributed by atoms with Crippen molar-refractivity contribution in [1.29, 1.82) is 0 Å². The number of aliphatic hydroxyl groups excluding tert-OH is 7. The van der Waals surface area contributed by atoms with E-state index in [9.17, 15) is 45.3 Å². The van der Waals surface area contributed by atoms with Crippen LogP contribution in [0.3, 0.4) is 0 Å².